The Labute approximate surface area is 197 Å². The fourth-order valence-corrected chi connectivity index (χ4v) is 3.80. The minimum absolute atomic E-state index is 0.0462. The first-order chi connectivity index (χ1) is 15.8. The van der Waals surface area contributed by atoms with Gasteiger partial charge in [0.25, 0.3) is 5.91 Å². The summed E-state index contributed by atoms with van der Waals surface area (Å²) in [6.45, 7) is 3.90. The molecule has 0 radical (unpaired) electrons. The molecule has 0 spiro atoms. The summed E-state index contributed by atoms with van der Waals surface area (Å²) in [6, 6.07) is 15.0. The average molecular weight is 471 g/mol. The zero-order valence-electron chi connectivity index (χ0n) is 18.5. The number of amides is 1. The molecule has 2 atom stereocenters. The van der Waals surface area contributed by atoms with Gasteiger partial charge < -0.3 is 15.2 Å². The van der Waals surface area contributed by atoms with Gasteiger partial charge in [-0.15, -0.1) is 5.10 Å². The Bertz CT molecular complexity index is 1070. The van der Waals surface area contributed by atoms with E-state index in [4.69, 9.17) is 16.3 Å². The summed E-state index contributed by atoms with van der Waals surface area (Å²) in [6.07, 6.45) is 1.95. The number of benzene rings is 2. The molecule has 1 aromatic heterocycles. The van der Waals surface area contributed by atoms with Crippen LogP contribution in [0, 0.1) is 5.41 Å². The summed E-state index contributed by atoms with van der Waals surface area (Å²) in [5.41, 5.74) is 2.01. The van der Waals surface area contributed by atoms with Crippen molar-refractivity contribution in [2.75, 3.05) is 13.2 Å². The van der Waals surface area contributed by atoms with E-state index in [-0.39, 0.29) is 18.7 Å². The highest BCUT2D eigenvalue weighted by Crippen LogP contribution is 2.27. The Morgan fingerprint density at radius 2 is 1.97 bits per heavy atom. The Balaban J connectivity index is 1.80. The van der Waals surface area contributed by atoms with E-state index in [1.165, 1.54) is 6.20 Å². The molecule has 9 heteroatoms. The number of aliphatic carboxylic acids is 1. The number of nitrogens with zero attached hydrogens (tertiary/aromatic N) is 2. The van der Waals surface area contributed by atoms with E-state index < -0.39 is 23.3 Å². The fraction of sp³-hybridized carbons (Fsp3) is 0.333. The molecular weight excluding hydrogens is 444 g/mol. The first-order valence-electron chi connectivity index (χ1n) is 10.6. The molecule has 1 amide bonds. The topological polar surface area (TPSA) is 117 Å². The highest BCUT2D eigenvalue weighted by atomic mass is 35.5. The van der Waals surface area contributed by atoms with Crippen molar-refractivity contribution in [3.8, 4) is 11.1 Å². The third kappa shape index (κ3) is 6.63. The molecule has 8 nitrogen and oxygen atoms in total. The lowest BCUT2D eigenvalue weighted by molar-refractivity contribution is -0.152. The second-order valence-electron chi connectivity index (χ2n) is 8.16. The molecule has 0 saturated carbocycles. The van der Waals surface area contributed by atoms with Crippen LogP contribution in [0.3, 0.4) is 0 Å². The zero-order chi connectivity index (χ0) is 23.8. The maximum absolute atomic E-state index is 12.6. The lowest BCUT2D eigenvalue weighted by Crippen LogP contribution is -2.44. The molecule has 1 heterocycles. The Morgan fingerprint density at radius 1 is 1.21 bits per heavy atom. The van der Waals surface area contributed by atoms with Crippen LogP contribution in [0.1, 0.15) is 36.3 Å². The number of carbonyl (C=O) groups excluding carboxylic acids is 1. The van der Waals surface area contributed by atoms with Crippen molar-refractivity contribution in [1.29, 1.82) is 0 Å². The fourth-order valence-electron chi connectivity index (χ4n) is 3.61. The summed E-state index contributed by atoms with van der Waals surface area (Å²) in [5.74, 6) is -1.38. The first kappa shape index (κ1) is 24.4. The summed E-state index contributed by atoms with van der Waals surface area (Å²) >= 11 is 6.10. The number of ether oxygens (including phenoxy) is 1. The molecule has 0 fully saturated rings. The van der Waals surface area contributed by atoms with Crippen molar-refractivity contribution in [1.82, 2.24) is 20.7 Å². The van der Waals surface area contributed by atoms with Crippen molar-refractivity contribution in [3.63, 3.8) is 0 Å². The van der Waals surface area contributed by atoms with Gasteiger partial charge in [-0.05, 0) is 55.5 Å². The minimum Gasteiger partial charge on any atom is -0.481 e. The first-order valence-corrected chi connectivity index (χ1v) is 11.0. The van der Waals surface area contributed by atoms with Gasteiger partial charge in [0.2, 0.25) is 0 Å². The van der Waals surface area contributed by atoms with Crippen molar-refractivity contribution in [2.24, 2.45) is 5.41 Å². The van der Waals surface area contributed by atoms with E-state index in [9.17, 15) is 14.7 Å². The minimum atomic E-state index is -1.17. The molecule has 0 aliphatic heterocycles. The number of aromatic amines is 1. The van der Waals surface area contributed by atoms with E-state index in [1.54, 1.807) is 6.92 Å². The average Bonchev–Trinajstić information content (AvgIpc) is 3.33. The highest BCUT2D eigenvalue weighted by Gasteiger charge is 2.37. The van der Waals surface area contributed by atoms with E-state index in [1.807, 2.05) is 55.5 Å². The molecule has 0 unspecified atom stereocenters. The molecule has 0 aliphatic rings. The Hall–Kier alpha value is -3.23. The number of halogens is 1. The second kappa shape index (κ2) is 11.1. The third-order valence-electron chi connectivity index (χ3n) is 5.43. The standard InChI is InChI=1S/C24H27ClN4O4/c1-3-33-15-24(2,23(31)32)13-20(27-22(30)21-14-26-29-28-21)11-16-7-9-17(10-8-16)18-5-4-6-19(25)12-18/h4-10,12,14,20H,3,11,13,15H2,1-2H3,(H,27,30)(H,31,32)(H,26,28,29)/t20-,24+/m1/s1. The summed E-state index contributed by atoms with van der Waals surface area (Å²) in [4.78, 5) is 24.7. The van der Waals surface area contributed by atoms with E-state index in [2.05, 4.69) is 20.7 Å². The molecule has 3 N–H and O–H groups in total. The van der Waals surface area contributed by atoms with Gasteiger partial charge in [-0.25, -0.2) is 0 Å². The van der Waals surface area contributed by atoms with Crippen LogP contribution in [-0.2, 0) is 16.0 Å². The van der Waals surface area contributed by atoms with Gasteiger partial charge in [-0.1, -0.05) is 53.2 Å². The molecule has 174 valence electrons. The molecule has 3 rings (SSSR count). The number of carboxylic acids is 1. The van der Waals surface area contributed by atoms with Crippen LogP contribution in [0.4, 0.5) is 0 Å². The maximum atomic E-state index is 12.6. The Morgan fingerprint density at radius 3 is 2.58 bits per heavy atom. The van der Waals surface area contributed by atoms with Gasteiger partial charge in [-0.3, -0.25) is 14.7 Å². The third-order valence-corrected chi connectivity index (χ3v) is 5.66. The van der Waals surface area contributed by atoms with Crippen LogP contribution in [0.15, 0.2) is 54.7 Å². The van der Waals surface area contributed by atoms with Crippen LogP contribution >= 0.6 is 11.6 Å². The zero-order valence-corrected chi connectivity index (χ0v) is 19.3. The molecule has 0 saturated heterocycles. The van der Waals surface area contributed by atoms with Gasteiger partial charge in [-0.2, -0.15) is 0 Å². The van der Waals surface area contributed by atoms with E-state index in [0.717, 1.165) is 16.7 Å². The van der Waals surface area contributed by atoms with Crippen molar-refractivity contribution < 1.29 is 19.4 Å². The molecule has 0 aliphatic carbocycles. The smallest absolute Gasteiger partial charge is 0.311 e. The number of nitrogens with one attached hydrogen (secondary N) is 2. The molecule has 3 aromatic rings. The summed E-state index contributed by atoms with van der Waals surface area (Å²) in [5, 5.41) is 23.2. The SMILES string of the molecule is CCOC[C@](C)(C[C@@H](Cc1ccc(-c2cccc(Cl)c2)cc1)NC(=O)c1cnn[nH]1)C(=O)O. The summed E-state index contributed by atoms with van der Waals surface area (Å²) < 4.78 is 5.43. The van der Waals surface area contributed by atoms with Crippen molar-refractivity contribution in [2.45, 2.75) is 32.7 Å². The van der Waals surface area contributed by atoms with E-state index >= 15 is 0 Å². The van der Waals surface area contributed by atoms with Crippen LogP contribution in [0.25, 0.3) is 11.1 Å². The predicted molar refractivity (Wildman–Crippen MR) is 125 cm³/mol. The van der Waals surface area contributed by atoms with Gasteiger partial charge in [0.1, 0.15) is 5.69 Å². The molecular formula is C24H27ClN4O4. The highest BCUT2D eigenvalue weighted by molar-refractivity contribution is 6.30. The maximum Gasteiger partial charge on any atom is 0.311 e. The molecule has 0 bridgehead atoms. The van der Waals surface area contributed by atoms with Gasteiger partial charge in [0, 0.05) is 17.7 Å². The number of carbonyl (C=O) groups is 2. The van der Waals surface area contributed by atoms with Crippen LogP contribution < -0.4 is 5.32 Å². The quantitative estimate of drug-likeness (QED) is 0.390. The number of hydrogen-bond acceptors (Lipinski definition) is 5. The second-order valence-corrected chi connectivity index (χ2v) is 8.60. The van der Waals surface area contributed by atoms with Gasteiger partial charge in [0.15, 0.2) is 0 Å². The van der Waals surface area contributed by atoms with Crippen molar-refractivity contribution >= 4 is 23.5 Å². The molecule has 33 heavy (non-hydrogen) atoms. The molecule has 2 aromatic carbocycles. The van der Waals surface area contributed by atoms with Crippen LogP contribution in [-0.4, -0.2) is 51.6 Å². The van der Waals surface area contributed by atoms with Crippen LogP contribution in [0.2, 0.25) is 5.02 Å². The Kier molecular flexibility index (Phi) is 8.19. The number of H-pyrrole nitrogens is 1. The number of hydrogen-bond donors (Lipinski definition) is 3. The summed E-state index contributed by atoms with van der Waals surface area (Å²) in [7, 11) is 0. The lowest BCUT2D eigenvalue weighted by atomic mass is 9.82. The normalized spacial score (nSPS) is 13.8. The lowest BCUT2D eigenvalue weighted by Gasteiger charge is -2.30. The van der Waals surface area contributed by atoms with Crippen LogP contribution in [0.5, 0.6) is 0 Å². The van der Waals surface area contributed by atoms with E-state index in [0.29, 0.717) is 18.1 Å². The monoisotopic (exact) mass is 470 g/mol. The largest absolute Gasteiger partial charge is 0.481 e. The van der Waals surface area contributed by atoms with Gasteiger partial charge in [0.05, 0.1) is 18.2 Å². The number of rotatable bonds is 11. The van der Waals surface area contributed by atoms with Crippen molar-refractivity contribution in [3.05, 3.63) is 71.0 Å². The predicted octanol–water partition coefficient (Wildman–Crippen LogP) is 3.98. The number of carboxylic acid groups (broad SMARTS) is 1. The number of aromatic nitrogens is 3. The van der Waals surface area contributed by atoms with Gasteiger partial charge >= 0.3 is 5.97 Å².